The van der Waals surface area contributed by atoms with E-state index in [2.05, 4.69) is 10.3 Å². The molecule has 0 unspecified atom stereocenters. The minimum Gasteiger partial charge on any atom is -0.349 e. The van der Waals surface area contributed by atoms with Crippen molar-refractivity contribution in [3.63, 3.8) is 0 Å². The smallest absolute Gasteiger partial charge is 0.251 e. The third-order valence-electron chi connectivity index (χ3n) is 4.79. The lowest BCUT2D eigenvalue weighted by Gasteiger charge is -2.32. The number of carbonyl (C=O) groups excluding carboxylic acids is 2. The van der Waals surface area contributed by atoms with Crippen LogP contribution in [-0.2, 0) is 10.5 Å². The first-order chi connectivity index (χ1) is 13.1. The average Bonchev–Trinajstić information content (AvgIpc) is 2.69. The Morgan fingerprint density at radius 1 is 1.19 bits per heavy atom. The van der Waals surface area contributed by atoms with Gasteiger partial charge in [0.25, 0.3) is 5.91 Å². The van der Waals surface area contributed by atoms with Gasteiger partial charge in [-0.1, -0.05) is 24.3 Å². The Morgan fingerprint density at radius 2 is 1.96 bits per heavy atom. The molecule has 0 saturated carbocycles. The van der Waals surface area contributed by atoms with E-state index in [1.54, 1.807) is 18.0 Å². The summed E-state index contributed by atoms with van der Waals surface area (Å²) in [6.07, 6.45) is 5.19. The van der Waals surface area contributed by atoms with Crippen molar-refractivity contribution < 1.29 is 9.59 Å². The summed E-state index contributed by atoms with van der Waals surface area (Å²) in [7, 11) is 0. The highest BCUT2D eigenvalue weighted by Gasteiger charge is 2.24. The van der Waals surface area contributed by atoms with Gasteiger partial charge in [-0.2, -0.15) is 0 Å². The van der Waals surface area contributed by atoms with Crippen LogP contribution in [0.4, 0.5) is 0 Å². The largest absolute Gasteiger partial charge is 0.349 e. The van der Waals surface area contributed by atoms with Gasteiger partial charge in [-0.25, -0.2) is 0 Å². The van der Waals surface area contributed by atoms with Crippen LogP contribution in [0.5, 0.6) is 0 Å². The zero-order valence-corrected chi connectivity index (χ0v) is 16.4. The van der Waals surface area contributed by atoms with E-state index in [-0.39, 0.29) is 17.9 Å². The number of hydrogen-bond donors (Lipinski definition) is 1. The van der Waals surface area contributed by atoms with Crippen molar-refractivity contribution in [2.45, 2.75) is 31.6 Å². The summed E-state index contributed by atoms with van der Waals surface area (Å²) >= 11 is 1.62. The highest BCUT2D eigenvalue weighted by Crippen LogP contribution is 2.16. The number of likely N-dealkylation sites (tertiary alicyclic amines) is 1. The molecule has 0 bridgehead atoms. The van der Waals surface area contributed by atoms with Crippen LogP contribution in [0.15, 0.2) is 48.8 Å². The fourth-order valence-corrected chi connectivity index (χ4v) is 4.06. The van der Waals surface area contributed by atoms with Crippen LogP contribution in [0.25, 0.3) is 0 Å². The number of nitrogens with one attached hydrogen (secondary N) is 1. The van der Waals surface area contributed by atoms with E-state index >= 15 is 0 Å². The quantitative estimate of drug-likeness (QED) is 0.833. The van der Waals surface area contributed by atoms with Gasteiger partial charge in [0, 0.05) is 42.8 Å². The molecule has 3 rings (SSSR count). The van der Waals surface area contributed by atoms with Crippen LogP contribution in [0.2, 0.25) is 0 Å². The van der Waals surface area contributed by atoms with Crippen molar-refractivity contribution in [1.82, 2.24) is 15.2 Å². The molecule has 0 spiro atoms. The van der Waals surface area contributed by atoms with Gasteiger partial charge < -0.3 is 10.2 Å². The van der Waals surface area contributed by atoms with Gasteiger partial charge in [0.05, 0.1) is 5.75 Å². The molecule has 1 fully saturated rings. The van der Waals surface area contributed by atoms with E-state index in [4.69, 9.17) is 0 Å². The maximum absolute atomic E-state index is 12.4. The molecule has 5 nitrogen and oxygen atoms in total. The van der Waals surface area contributed by atoms with Gasteiger partial charge in [-0.15, -0.1) is 11.8 Å². The topological polar surface area (TPSA) is 62.3 Å². The van der Waals surface area contributed by atoms with Crippen molar-refractivity contribution in [3.05, 3.63) is 65.5 Å². The Hall–Kier alpha value is -2.34. The molecule has 1 saturated heterocycles. The van der Waals surface area contributed by atoms with E-state index < -0.39 is 0 Å². The molecule has 2 amide bonds. The van der Waals surface area contributed by atoms with Crippen LogP contribution in [-0.4, -0.2) is 46.6 Å². The fourth-order valence-electron chi connectivity index (χ4n) is 3.20. The Bertz CT molecular complexity index is 774. The van der Waals surface area contributed by atoms with Crippen molar-refractivity contribution in [2.75, 3.05) is 18.8 Å². The van der Waals surface area contributed by atoms with Crippen molar-refractivity contribution >= 4 is 23.6 Å². The van der Waals surface area contributed by atoms with Gasteiger partial charge in [0.15, 0.2) is 0 Å². The minimum absolute atomic E-state index is 0.0232. The monoisotopic (exact) mass is 383 g/mol. The maximum atomic E-state index is 12.4. The lowest BCUT2D eigenvalue weighted by Crippen LogP contribution is -2.47. The molecule has 6 heteroatoms. The molecule has 1 aromatic heterocycles. The third kappa shape index (κ3) is 5.57. The summed E-state index contributed by atoms with van der Waals surface area (Å²) < 4.78 is 0. The van der Waals surface area contributed by atoms with E-state index in [1.807, 2.05) is 54.4 Å². The highest BCUT2D eigenvalue weighted by atomic mass is 32.2. The van der Waals surface area contributed by atoms with Gasteiger partial charge in [0.1, 0.15) is 0 Å². The number of aryl methyl sites for hydroxylation is 1. The molecule has 1 aromatic carbocycles. The predicted octanol–water partition coefficient (Wildman–Crippen LogP) is 3.04. The van der Waals surface area contributed by atoms with Gasteiger partial charge in [-0.3, -0.25) is 14.6 Å². The standard InChI is InChI=1S/C21H25N3O2S/c1-16-5-2-3-7-19(16)21(26)23-18-8-11-24(12-9-18)20(25)15-27-14-17-6-4-10-22-13-17/h2-7,10,13,18H,8-9,11-12,14-15H2,1H3,(H,23,26). The summed E-state index contributed by atoms with van der Waals surface area (Å²) in [6.45, 7) is 3.34. The normalized spacial score (nSPS) is 14.8. The molecule has 0 radical (unpaired) electrons. The molecule has 0 atom stereocenters. The molecule has 2 aromatic rings. The van der Waals surface area contributed by atoms with Crippen molar-refractivity contribution in [1.29, 1.82) is 0 Å². The fraction of sp³-hybridized carbons (Fsp3) is 0.381. The molecular formula is C21H25N3O2S. The number of rotatable bonds is 6. The molecule has 142 valence electrons. The Balaban J connectivity index is 1.40. The summed E-state index contributed by atoms with van der Waals surface area (Å²) in [4.78, 5) is 30.8. The molecule has 1 N–H and O–H groups in total. The predicted molar refractivity (Wildman–Crippen MR) is 109 cm³/mol. The first-order valence-electron chi connectivity index (χ1n) is 9.24. The summed E-state index contributed by atoms with van der Waals surface area (Å²) in [5.41, 5.74) is 2.84. The second kappa shape index (κ2) is 9.55. The van der Waals surface area contributed by atoms with Crippen LogP contribution in [0.3, 0.4) is 0 Å². The van der Waals surface area contributed by atoms with Crippen LogP contribution >= 0.6 is 11.8 Å². The van der Waals surface area contributed by atoms with Gasteiger partial charge in [0.2, 0.25) is 5.91 Å². The maximum Gasteiger partial charge on any atom is 0.251 e. The second-order valence-electron chi connectivity index (χ2n) is 6.80. The molecule has 1 aliphatic heterocycles. The highest BCUT2D eigenvalue weighted by molar-refractivity contribution is 7.99. The van der Waals surface area contributed by atoms with Gasteiger partial charge in [-0.05, 0) is 43.0 Å². The number of aromatic nitrogens is 1. The number of nitrogens with zero attached hydrogens (tertiary/aromatic N) is 2. The Morgan fingerprint density at radius 3 is 2.67 bits per heavy atom. The molecule has 1 aliphatic rings. The van der Waals surface area contributed by atoms with Crippen LogP contribution in [0, 0.1) is 6.92 Å². The van der Waals surface area contributed by atoms with Crippen molar-refractivity contribution in [2.24, 2.45) is 0 Å². The molecular weight excluding hydrogens is 358 g/mol. The van der Waals surface area contributed by atoms with E-state index in [0.717, 1.165) is 35.3 Å². The number of carbonyl (C=O) groups is 2. The first kappa shape index (κ1) is 19.4. The van der Waals surface area contributed by atoms with Crippen LogP contribution in [0.1, 0.15) is 34.3 Å². The van der Waals surface area contributed by atoms with E-state index in [0.29, 0.717) is 18.8 Å². The lowest BCUT2D eigenvalue weighted by atomic mass is 10.0. The second-order valence-corrected chi connectivity index (χ2v) is 7.78. The number of pyridine rings is 1. The zero-order valence-electron chi connectivity index (χ0n) is 15.6. The summed E-state index contributed by atoms with van der Waals surface area (Å²) in [6, 6.07) is 11.7. The third-order valence-corrected chi connectivity index (χ3v) is 5.78. The summed E-state index contributed by atoms with van der Waals surface area (Å²) in [5.74, 6) is 1.43. The van der Waals surface area contributed by atoms with Crippen molar-refractivity contribution in [3.8, 4) is 0 Å². The Labute approximate surface area is 164 Å². The molecule has 2 heterocycles. The summed E-state index contributed by atoms with van der Waals surface area (Å²) in [5, 5.41) is 3.11. The SMILES string of the molecule is Cc1ccccc1C(=O)NC1CCN(C(=O)CSCc2cccnc2)CC1. The van der Waals surface area contributed by atoms with Gasteiger partial charge >= 0.3 is 0 Å². The molecule has 27 heavy (non-hydrogen) atoms. The first-order valence-corrected chi connectivity index (χ1v) is 10.4. The number of thioether (sulfide) groups is 1. The average molecular weight is 384 g/mol. The Kier molecular flexibility index (Phi) is 6.87. The minimum atomic E-state index is -0.0232. The number of piperidine rings is 1. The lowest BCUT2D eigenvalue weighted by molar-refractivity contribution is -0.129. The van der Waals surface area contributed by atoms with E-state index in [9.17, 15) is 9.59 Å². The molecule has 0 aliphatic carbocycles. The van der Waals surface area contributed by atoms with Crippen LogP contribution < -0.4 is 5.32 Å². The number of hydrogen-bond acceptors (Lipinski definition) is 4. The number of benzene rings is 1. The zero-order chi connectivity index (χ0) is 19.1. The number of amides is 2. The van der Waals surface area contributed by atoms with E-state index in [1.165, 1.54) is 0 Å².